The molecule has 0 radical (unpaired) electrons. The van der Waals surface area contributed by atoms with E-state index < -0.39 is 5.41 Å². The summed E-state index contributed by atoms with van der Waals surface area (Å²) >= 11 is 0. The zero-order valence-electron chi connectivity index (χ0n) is 12.2. The van der Waals surface area contributed by atoms with Crippen LogP contribution in [0.3, 0.4) is 0 Å². The SMILES string of the molecule is CC12C(=O)NC(=O)C1C1c3ccccc3C2c2ccccc21. The molecule has 0 saturated carbocycles. The number of hydrogen-bond acceptors (Lipinski definition) is 2. The van der Waals surface area contributed by atoms with Crippen LogP contribution in [0.4, 0.5) is 0 Å². The molecular weight excluding hydrogens is 274 g/mol. The summed E-state index contributed by atoms with van der Waals surface area (Å²) in [5.41, 5.74) is 4.14. The molecule has 1 N–H and O–H groups in total. The summed E-state index contributed by atoms with van der Waals surface area (Å²) in [6.07, 6.45) is 0. The molecule has 3 heteroatoms. The third-order valence-electron chi connectivity index (χ3n) is 5.87. The summed E-state index contributed by atoms with van der Waals surface area (Å²) in [6.45, 7) is 1.96. The molecule has 2 unspecified atom stereocenters. The Labute approximate surface area is 128 Å². The molecular formula is C19H15NO2. The van der Waals surface area contributed by atoms with Gasteiger partial charge in [0.25, 0.3) is 0 Å². The first-order valence-corrected chi connectivity index (χ1v) is 7.67. The smallest absolute Gasteiger partial charge is 0.234 e. The molecule has 3 aliphatic carbocycles. The van der Waals surface area contributed by atoms with E-state index in [9.17, 15) is 9.59 Å². The molecule has 2 amide bonds. The summed E-state index contributed by atoms with van der Waals surface area (Å²) in [4.78, 5) is 25.1. The Kier molecular flexibility index (Phi) is 2.03. The van der Waals surface area contributed by atoms with E-state index >= 15 is 0 Å². The lowest BCUT2D eigenvalue weighted by molar-refractivity contribution is -0.129. The molecule has 108 valence electrons. The first kappa shape index (κ1) is 12.2. The fourth-order valence-electron chi connectivity index (χ4n) is 5.00. The summed E-state index contributed by atoms with van der Waals surface area (Å²) in [7, 11) is 0. The average Bonchev–Trinajstić information content (AvgIpc) is 2.77. The maximum Gasteiger partial charge on any atom is 0.234 e. The Morgan fingerprint density at radius 3 is 1.91 bits per heavy atom. The second kappa shape index (κ2) is 3.67. The van der Waals surface area contributed by atoms with Crippen LogP contribution < -0.4 is 5.32 Å². The highest BCUT2D eigenvalue weighted by molar-refractivity contribution is 6.09. The van der Waals surface area contributed by atoms with Gasteiger partial charge in [-0.25, -0.2) is 0 Å². The first-order valence-electron chi connectivity index (χ1n) is 7.67. The van der Waals surface area contributed by atoms with E-state index in [-0.39, 0.29) is 29.6 Å². The number of benzene rings is 2. The predicted octanol–water partition coefficient (Wildman–Crippen LogP) is 2.56. The Bertz CT molecular complexity index is 809. The highest BCUT2D eigenvalue weighted by Crippen LogP contribution is 2.65. The van der Waals surface area contributed by atoms with Crippen molar-refractivity contribution >= 4 is 11.8 Å². The van der Waals surface area contributed by atoms with Crippen molar-refractivity contribution in [2.75, 3.05) is 0 Å². The third kappa shape index (κ3) is 1.12. The van der Waals surface area contributed by atoms with Crippen LogP contribution in [0.1, 0.15) is 41.0 Å². The molecule has 3 nitrogen and oxygen atoms in total. The third-order valence-corrected chi connectivity index (χ3v) is 5.87. The lowest BCUT2D eigenvalue weighted by Gasteiger charge is -2.51. The molecule has 1 saturated heterocycles. The van der Waals surface area contributed by atoms with Gasteiger partial charge in [0.2, 0.25) is 11.8 Å². The lowest BCUT2D eigenvalue weighted by atomic mass is 9.48. The Hall–Kier alpha value is -2.42. The topological polar surface area (TPSA) is 46.2 Å². The van der Waals surface area contributed by atoms with Crippen molar-refractivity contribution in [2.24, 2.45) is 11.3 Å². The molecule has 1 fully saturated rings. The van der Waals surface area contributed by atoms with Crippen molar-refractivity contribution in [3.05, 3.63) is 70.8 Å². The van der Waals surface area contributed by atoms with Crippen molar-refractivity contribution in [3.8, 4) is 0 Å². The van der Waals surface area contributed by atoms with Crippen LogP contribution in [0, 0.1) is 11.3 Å². The zero-order chi connectivity index (χ0) is 15.1. The molecule has 2 aromatic carbocycles. The second-order valence-corrected chi connectivity index (χ2v) is 6.75. The zero-order valence-corrected chi connectivity index (χ0v) is 12.2. The average molecular weight is 289 g/mol. The Morgan fingerprint density at radius 1 is 0.864 bits per heavy atom. The molecule has 2 aromatic rings. The standard InChI is InChI=1S/C19H15NO2/c1-19-15-12-8-4-2-6-10(12)14(11-7-3-5-9-13(11)15)16(19)17(21)20-18(19)22/h2-9,14-16H,1H3,(H,20,21,22). The number of carbonyl (C=O) groups is 2. The predicted molar refractivity (Wildman–Crippen MR) is 81.3 cm³/mol. The van der Waals surface area contributed by atoms with E-state index in [2.05, 4.69) is 29.6 Å². The quantitative estimate of drug-likeness (QED) is 0.758. The maximum absolute atomic E-state index is 12.6. The molecule has 2 bridgehead atoms. The Balaban J connectivity index is 1.92. The van der Waals surface area contributed by atoms with E-state index in [1.165, 1.54) is 22.3 Å². The fraction of sp³-hybridized carbons (Fsp3) is 0.263. The van der Waals surface area contributed by atoms with Gasteiger partial charge in [0.05, 0.1) is 11.3 Å². The van der Waals surface area contributed by atoms with Gasteiger partial charge >= 0.3 is 0 Å². The van der Waals surface area contributed by atoms with Crippen LogP contribution in [0.15, 0.2) is 48.5 Å². The van der Waals surface area contributed by atoms with Crippen LogP contribution in [0.25, 0.3) is 0 Å². The fourth-order valence-corrected chi connectivity index (χ4v) is 5.00. The van der Waals surface area contributed by atoms with E-state index in [0.29, 0.717) is 0 Å². The van der Waals surface area contributed by atoms with Gasteiger partial charge in [-0.05, 0) is 29.2 Å². The summed E-state index contributed by atoms with van der Waals surface area (Å²) < 4.78 is 0. The van der Waals surface area contributed by atoms with E-state index in [1.54, 1.807) is 0 Å². The van der Waals surface area contributed by atoms with Gasteiger partial charge in [0.15, 0.2) is 0 Å². The van der Waals surface area contributed by atoms with Crippen LogP contribution >= 0.6 is 0 Å². The normalized spacial score (nSPS) is 34.0. The van der Waals surface area contributed by atoms with Crippen molar-refractivity contribution in [3.63, 3.8) is 0 Å². The van der Waals surface area contributed by atoms with Gasteiger partial charge in [-0.2, -0.15) is 0 Å². The monoisotopic (exact) mass is 289 g/mol. The highest BCUT2D eigenvalue weighted by atomic mass is 16.2. The van der Waals surface area contributed by atoms with Crippen molar-refractivity contribution in [2.45, 2.75) is 18.8 Å². The minimum absolute atomic E-state index is 0.0196. The van der Waals surface area contributed by atoms with Crippen molar-refractivity contribution in [1.29, 1.82) is 0 Å². The molecule has 4 aliphatic rings. The largest absolute Gasteiger partial charge is 0.296 e. The molecule has 2 atom stereocenters. The second-order valence-electron chi connectivity index (χ2n) is 6.75. The van der Waals surface area contributed by atoms with Crippen molar-refractivity contribution in [1.82, 2.24) is 5.32 Å². The number of nitrogens with one attached hydrogen (secondary N) is 1. The molecule has 0 aromatic heterocycles. The highest BCUT2D eigenvalue weighted by Gasteiger charge is 2.66. The minimum Gasteiger partial charge on any atom is -0.296 e. The summed E-state index contributed by atoms with van der Waals surface area (Å²) in [5, 5.41) is 2.59. The number of carbonyl (C=O) groups excluding carboxylic acids is 2. The Morgan fingerprint density at radius 2 is 1.36 bits per heavy atom. The molecule has 1 aliphatic heterocycles. The van der Waals surface area contributed by atoms with Gasteiger partial charge in [-0.1, -0.05) is 48.5 Å². The van der Waals surface area contributed by atoms with E-state index in [0.717, 1.165) is 0 Å². The van der Waals surface area contributed by atoms with Gasteiger partial charge < -0.3 is 0 Å². The van der Waals surface area contributed by atoms with Gasteiger partial charge in [0, 0.05) is 11.8 Å². The molecule has 0 spiro atoms. The lowest BCUT2D eigenvalue weighted by Crippen LogP contribution is -2.49. The minimum atomic E-state index is -0.676. The van der Waals surface area contributed by atoms with Crippen molar-refractivity contribution < 1.29 is 9.59 Å². The van der Waals surface area contributed by atoms with E-state index in [1.807, 2.05) is 31.2 Å². The van der Waals surface area contributed by atoms with Crippen LogP contribution in [0.2, 0.25) is 0 Å². The number of amides is 2. The van der Waals surface area contributed by atoms with Gasteiger partial charge in [-0.15, -0.1) is 0 Å². The molecule has 6 rings (SSSR count). The van der Waals surface area contributed by atoms with Crippen LogP contribution in [0.5, 0.6) is 0 Å². The van der Waals surface area contributed by atoms with Gasteiger partial charge in [0.1, 0.15) is 0 Å². The maximum atomic E-state index is 12.6. The number of hydrogen-bond donors (Lipinski definition) is 1. The van der Waals surface area contributed by atoms with Gasteiger partial charge in [-0.3, -0.25) is 14.9 Å². The van der Waals surface area contributed by atoms with Crippen LogP contribution in [-0.2, 0) is 9.59 Å². The molecule has 22 heavy (non-hydrogen) atoms. The van der Waals surface area contributed by atoms with Crippen LogP contribution in [-0.4, -0.2) is 11.8 Å². The first-order chi connectivity index (χ1) is 10.6. The van der Waals surface area contributed by atoms with E-state index in [4.69, 9.17) is 0 Å². The summed E-state index contributed by atoms with van der Waals surface area (Å²) in [6, 6.07) is 16.5. The number of imide groups is 1. The number of rotatable bonds is 0. The summed E-state index contributed by atoms with van der Waals surface area (Å²) in [5.74, 6) is -0.599. The molecule has 1 heterocycles.